The number of hydrogen-bond acceptors (Lipinski definition) is 4. The van der Waals surface area contributed by atoms with Crippen molar-refractivity contribution in [3.63, 3.8) is 0 Å². The van der Waals surface area contributed by atoms with Crippen LogP contribution in [0, 0.1) is 0 Å². The fourth-order valence-electron chi connectivity index (χ4n) is 3.00. The van der Waals surface area contributed by atoms with Crippen molar-refractivity contribution >= 4 is 50.1 Å². The van der Waals surface area contributed by atoms with Crippen molar-refractivity contribution in [3.05, 3.63) is 94.3 Å². The molecule has 0 bridgehead atoms. The molecular formula is C24H19BrN2O2. The number of halogens is 1. The van der Waals surface area contributed by atoms with Gasteiger partial charge in [0.2, 0.25) is 5.89 Å². The number of benzene rings is 3. The quantitative estimate of drug-likeness (QED) is 0.275. The van der Waals surface area contributed by atoms with Crippen LogP contribution < -0.4 is 4.90 Å². The molecule has 5 heteroatoms. The fraction of sp³-hybridized carbons (Fsp3) is 0.0833. The Morgan fingerprint density at radius 2 is 1.66 bits per heavy atom. The molecule has 0 amide bonds. The molecule has 0 aliphatic carbocycles. The first-order valence-electron chi connectivity index (χ1n) is 9.16. The molecule has 0 N–H and O–H groups in total. The number of hydrogen-bond donors (Lipinski definition) is 0. The van der Waals surface area contributed by atoms with Crippen molar-refractivity contribution in [2.75, 3.05) is 19.0 Å². The first kappa shape index (κ1) is 19.2. The van der Waals surface area contributed by atoms with Crippen molar-refractivity contribution in [1.29, 1.82) is 0 Å². The summed E-state index contributed by atoms with van der Waals surface area (Å²) in [4.78, 5) is 19.9. The van der Waals surface area contributed by atoms with E-state index in [0.717, 1.165) is 21.2 Å². The molecule has 0 atom stereocenters. The lowest BCUT2D eigenvalue weighted by Crippen LogP contribution is -2.08. The minimum Gasteiger partial charge on any atom is -0.436 e. The highest BCUT2D eigenvalue weighted by Crippen LogP contribution is 2.27. The van der Waals surface area contributed by atoms with Crippen molar-refractivity contribution < 1.29 is 9.21 Å². The smallest absolute Gasteiger partial charge is 0.231 e. The Morgan fingerprint density at radius 3 is 2.31 bits per heavy atom. The Kier molecular flexibility index (Phi) is 5.32. The Hall–Kier alpha value is -3.18. The lowest BCUT2D eigenvalue weighted by atomic mass is 10.0. The minimum atomic E-state index is -0.138. The van der Waals surface area contributed by atoms with E-state index in [2.05, 4.69) is 20.9 Å². The molecule has 0 saturated carbocycles. The average molecular weight is 447 g/mol. The predicted octanol–water partition coefficient (Wildman–Crippen LogP) is 6.08. The summed E-state index contributed by atoms with van der Waals surface area (Å²) in [5, 5.41) is 0. The minimum absolute atomic E-state index is 0.138. The lowest BCUT2D eigenvalue weighted by Gasteiger charge is -2.12. The molecule has 3 aromatic carbocycles. The van der Waals surface area contributed by atoms with Gasteiger partial charge in [-0.1, -0.05) is 40.2 Å². The third-order valence-corrected chi connectivity index (χ3v) is 5.12. The first-order valence-corrected chi connectivity index (χ1v) is 9.96. The lowest BCUT2D eigenvalue weighted by molar-refractivity contribution is 0.105. The van der Waals surface area contributed by atoms with E-state index >= 15 is 0 Å². The molecule has 0 saturated heterocycles. The normalized spacial score (nSPS) is 11.6. The van der Waals surface area contributed by atoms with Crippen LogP contribution in [-0.4, -0.2) is 24.9 Å². The van der Waals surface area contributed by atoms with Crippen LogP contribution in [0.2, 0.25) is 0 Å². The van der Waals surface area contributed by atoms with Crippen molar-refractivity contribution in [2.24, 2.45) is 0 Å². The van der Waals surface area contributed by atoms with Gasteiger partial charge in [-0.25, -0.2) is 4.98 Å². The van der Waals surface area contributed by atoms with Crippen LogP contribution in [0.25, 0.3) is 22.7 Å². The molecule has 0 radical (unpaired) electrons. The fourth-order valence-corrected chi connectivity index (χ4v) is 3.27. The Bertz CT molecular complexity index is 1160. The summed E-state index contributed by atoms with van der Waals surface area (Å²) in [5.41, 5.74) is 4.36. The van der Waals surface area contributed by atoms with Crippen LogP contribution in [-0.2, 0) is 0 Å². The van der Waals surface area contributed by atoms with Crippen molar-refractivity contribution in [3.8, 4) is 0 Å². The molecule has 1 aromatic heterocycles. The molecule has 0 spiro atoms. The summed E-state index contributed by atoms with van der Waals surface area (Å²) in [6.07, 6.45) is 1.83. The highest BCUT2D eigenvalue weighted by molar-refractivity contribution is 9.10. The summed E-state index contributed by atoms with van der Waals surface area (Å²) in [5.74, 6) is 0.177. The SMILES string of the molecule is CN(C)c1ccc(C=C(C(=O)c2ccc(Br)cc2)c2nc3ccccc3o2)cc1. The van der Waals surface area contributed by atoms with Gasteiger partial charge < -0.3 is 9.32 Å². The zero-order chi connectivity index (χ0) is 20.4. The highest BCUT2D eigenvalue weighted by Gasteiger charge is 2.20. The number of para-hydroxylation sites is 2. The number of anilines is 1. The maximum absolute atomic E-state index is 13.3. The van der Waals surface area contributed by atoms with Gasteiger partial charge in [0.25, 0.3) is 0 Å². The molecule has 0 aliphatic heterocycles. The number of fused-ring (bicyclic) bond motifs is 1. The molecule has 4 nitrogen and oxygen atoms in total. The van der Waals surface area contributed by atoms with Gasteiger partial charge in [0, 0.05) is 29.8 Å². The number of nitrogens with zero attached hydrogens (tertiary/aromatic N) is 2. The first-order chi connectivity index (χ1) is 14.0. The van der Waals surface area contributed by atoms with Gasteiger partial charge in [0.05, 0.1) is 5.57 Å². The zero-order valence-corrected chi connectivity index (χ0v) is 17.7. The summed E-state index contributed by atoms with van der Waals surface area (Å²) in [7, 11) is 3.98. The van der Waals surface area contributed by atoms with Gasteiger partial charge >= 0.3 is 0 Å². The van der Waals surface area contributed by atoms with Crippen LogP contribution in [0.1, 0.15) is 21.8 Å². The van der Waals surface area contributed by atoms with E-state index in [1.165, 1.54) is 0 Å². The third-order valence-electron chi connectivity index (χ3n) is 4.60. The second-order valence-electron chi connectivity index (χ2n) is 6.87. The summed E-state index contributed by atoms with van der Waals surface area (Å²) < 4.78 is 6.83. The largest absolute Gasteiger partial charge is 0.436 e. The number of carbonyl (C=O) groups is 1. The number of Topliss-reactive ketones (excluding diaryl/α,β-unsaturated/α-hetero) is 1. The molecule has 0 unspecified atom stereocenters. The van der Waals surface area contributed by atoms with Gasteiger partial charge in [-0.05, 0) is 60.2 Å². The van der Waals surface area contributed by atoms with E-state index in [0.29, 0.717) is 22.6 Å². The van der Waals surface area contributed by atoms with Crippen LogP contribution in [0.3, 0.4) is 0 Å². The van der Waals surface area contributed by atoms with Gasteiger partial charge in [-0.3, -0.25) is 4.79 Å². The second kappa shape index (κ2) is 8.05. The highest BCUT2D eigenvalue weighted by atomic mass is 79.9. The molecule has 4 rings (SSSR count). The molecule has 0 fully saturated rings. The number of carbonyl (C=O) groups excluding carboxylic acids is 1. The van der Waals surface area contributed by atoms with Crippen molar-refractivity contribution in [1.82, 2.24) is 4.98 Å². The van der Waals surface area contributed by atoms with E-state index < -0.39 is 0 Å². The molecule has 0 aliphatic rings. The maximum Gasteiger partial charge on any atom is 0.231 e. The predicted molar refractivity (Wildman–Crippen MR) is 121 cm³/mol. The maximum atomic E-state index is 13.3. The van der Waals surface area contributed by atoms with Gasteiger partial charge in [-0.15, -0.1) is 0 Å². The van der Waals surface area contributed by atoms with E-state index in [9.17, 15) is 4.79 Å². The van der Waals surface area contributed by atoms with Gasteiger partial charge in [0.1, 0.15) is 5.52 Å². The Labute approximate surface area is 177 Å². The van der Waals surface area contributed by atoms with E-state index in [-0.39, 0.29) is 5.78 Å². The number of aromatic nitrogens is 1. The zero-order valence-electron chi connectivity index (χ0n) is 16.1. The number of allylic oxidation sites excluding steroid dienone is 1. The molecule has 4 aromatic rings. The molecule has 29 heavy (non-hydrogen) atoms. The monoisotopic (exact) mass is 446 g/mol. The average Bonchev–Trinajstić information content (AvgIpc) is 3.16. The summed E-state index contributed by atoms with van der Waals surface area (Å²) >= 11 is 3.41. The molecule has 1 heterocycles. The van der Waals surface area contributed by atoms with Crippen LogP contribution >= 0.6 is 15.9 Å². The Morgan fingerprint density at radius 1 is 0.966 bits per heavy atom. The second-order valence-corrected chi connectivity index (χ2v) is 7.78. The summed E-state index contributed by atoms with van der Waals surface area (Å²) in [6, 6.07) is 22.8. The Balaban J connectivity index is 1.81. The van der Waals surface area contributed by atoms with E-state index in [1.54, 1.807) is 12.1 Å². The molecular weight excluding hydrogens is 428 g/mol. The van der Waals surface area contributed by atoms with Crippen LogP contribution in [0.5, 0.6) is 0 Å². The van der Waals surface area contributed by atoms with E-state index in [1.807, 2.05) is 85.7 Å². The van der Waals surface area contributed by atoms with Gasteiger partial charge in [-0.2, -0.15) is 0 Å². The number of oxazole rings is 1. The van der Waals surface area contributed by atoms with Crippen LogP contribution in [0.4, 0.5) is 5.69 Å². The number of rotatable bonds is 5. The van der Waals surface area contributed by atoms with Crippen molar-refractivity contribution in [2.45, 2.75) is 0 Å². The van der Waals surface area contributed by atoms with E-state index in [4.69, 9.17) is 4.42 Å². The van der Waals surface area contributed by atoms with Gasteiger partial charge in [0.15, 0.2) is 11.4 Å². The third kappa shape index (κ3) is 4.15. The molecule has 144 valence electrons. The standard InChI is InChI=1S/C24H19BrN2O2/c1-27(2)19-13-7-16(8-14-19)15-20(23(28)17-9-11-18(25)12-10-17)24-26-21-5-3-4-6-22(21)29-24/h3-15H,1-2H3. The number of ketones is 1. The van der Waals surface area contributed by atoms with Crippen LogP contribution in [0.15, 0.2) is 81.7 Å². The topological polar surface area (TPSA) is 46.3 Å². The summed E-state index contributed by atoms with van der Waals surface area (Å²) in [6.45, 7) is 0.